The summed E-state index contributed by atoms with van der Waals surface area (Å²) in [5.74, 6) is 0.546. The molecule has 0 radical (unpaired) electrons. The Hall–Kier alpha value is -3.23. The molecule has 0 amide bonds. The Bertz CT molecular complexity index is 1290. The number of fused-ring (bicyclic) bond motifs is 1. The second-order valence-corrected chi connectivity index (χ2v) is 8.90. The molecular formula is C24H25FN2O4S. The number of benzene rings is 2. The molecule has 0 spiro atoms. The highest BCUT2D eigenvalue weighted by Gasteiger charge is 2.16. The van der Waals surface area contributed by atoms with E-state index in [2.05, 4.69) is 35.5 Å². The number of pyridine rings is 1. The van der Waals surface area contributed by atoms with Crippen LogP contribution in [0.5, 0.6) is 5.75 Å². The zero-order chi connectivity index (χ0) is 23.3. The molecule has 32 heavy (non-hydrogen) atoms. The second-order valence-electron chi connectivity index (χ2n) is 7.44. The molecule has 4 rings (SSSR count). The maximum atomic E-state index is 13.1. The van der Waals surface area contributed by atoms with E-state index in [1.165, 1.54) is 23.4 Å². The van der Waals surface area contributed by atoms with Crippen molar-refractivity contribution in [2.24, 2.45) is 0 Å². The summed E-state index contributed by atoms with van der Waals surface area (Å²) in [5.41, 5.74) is 6.45. The van der Waals surface area contributed by atoms with Gasteiger partial charge in [-0.25, -0.2) is 4.39 Å². The van der Waals surface area contributed by atoms with Crippen molar-refractivity contribution in [3.63, 3.8) is 0 Å². The number of aromatic nitrogens is 2. The number of hydrogen-bond donors (Lipinski definition) is 1. The molecule has 0 saturated carbocycles. The average molecular weight is 457 g/mol. The maximum absolute atomic E-state index is 13.1. The highest BCUT2D eigenvalue weighted by atomic mass is 32.2. The molecule has 8 heteroatoms. The monoisotopic (exact) mass is 456 g/mol. The lowest BCUT2D eigenvalue weighted by molar-refractivity contribution is 0.308. The molecule has 168 valence electrons. The Morgan fingerprint density at radius 1 is 1.00 bits per heavy atom. The van der Waals surface area contributed by atoms with Crippen LogP contribution in [0.4, 0.5) is 4.39 Å². The number of ether oxygens (including phenoxy) is 1. The van der Waals surface area contributed by atoms with Crippen LogP contribution in [0.15, 0.2) is 66.9 Å². The summed E-state index contributed by atoms with van der Waals surface area (Å²) < 4.78 is 47.3. The maximum Gasteiger partial charge on any atom is 0.261 e. The molecule has 0 atom stereocenters. The van der Waals surface area contributed by atoms with Gasteiger partial charge in [0.1, 0.15) is 23.7 Å². The largest absolute Gasteiger partial charge is 0.487 e. The second kappa shape index (κ2) is 9.93. The summed E-state index contributed by atoms with van der Waals surface area (Å²) in [6.07, 6.45) is 2.49. The highest BCUT2D eigenvalue weighted by molar-refractivity contribution is 7.85. The van der Waals surface area contributed by atoms with E-state index >= 15 is 0 Å². The molecule has 0 unspecified atom stereocenters. The summed E-state index contributed by atoms with van der Waals surface area (Å²) in [4.78, 5) is 4.58. The van der Waals surface area contributed by atoms with Gasteiger partial charge in [0.2, 0.25) is 0 Å². The molecule has 0 aliphatic carbocycles. The van der Waals surface area contributed by atoms with Gasteiger partial charge in [-0.1, -0.05) is 42.5 Å². The SMILES string of the molecule is CS(=O)(=O)O.Cc1c(C)n(Cc2ccccc2)c2c(OCc3ccc(F)cc3)ccnc12. The van der Waals surface area contributed by atoms with Crippen molar-refractivity contribution in [3.05, 3.63) is 95.1 Å². The Kier molecular flexibility index (Phi) is 7.27. The van der Waals surface area contributed by atoms with E-state index in [0.717, 1.165) is 34.5 Å². The van der Waals surface area contributed by atoms with Crippen molar-refractivity contribution in [3.8, 4) is 5.75 Å². The summed E-state index contributed by atoms with van der Waals surface area (Å²) >= 11 is 0. The van der Waals surface area contributed by atoms with Gasteiger partial charge in [-0.2, -0.15) is 8.42 Å². The van der Waals surface area contributed by atoms with Crippen LogP contribution in [0.3, 0.4) is 0 Å². The van der Waals surface area contributed by atoms with Crippen LogP contribution < -0.4 is 4.74 Å². The molecule has 0 saturated heterocycles. The molecule has 0 aliphatic rings. The van der Waals surface area contributed by atoms with Gasteiger partial charge in [-0.15, -0.1) is 0 Å². The minimum atomic E-state index is -3.67. The molecule has 0 aliphatic heterocycles. The molecule has 2 heterocycles. The van der Waals surface area contributed by atoms with Crippen molar-refractivity contribution in [1.29, 1.82) is 0 Å². The molecule has 0 fully saturated rings. The molecular weight excluding hydrogens is 431 g/mol. The topological polar surface area (TPSA) is 81.4 Å². The van der Waals surface area contributed by atoms with Gasteiger partial charge in [-0.3, -0.25) is 9.54 Å². The van der Waals surface area contributed by atoms with Crippen LogP contribution in [-0.4, -0.2) is 28.8 Å². The minimum absolute atomic E-state index is 0.243. The first-order valence-corrected chi connectivity index (χ1v) is 11.8. The number of hydrogen-bond acceptors (Lipinski definition) is 4. The predicted octanol–water partition coefficient (Wildman–Crippen LogP) is 4.92. The zero-order valence-electron chi connectivity index (χ0n) is 18.1. The standard InChI is InChI=1S/C23H21FN2O.CH4O3S/c1-16-17(2)26(14-18-6-4-3-5-7-18)23-21(12-13-25-22(16)23)27-15-19-8-10-20(24)11-9-19;1-5(2,3)4/h3-13H,14-15H2,1-2H3;1H3,(H,2,3,4). The van der Waals surface area contributed by atoms with Gasteiger partial charge in [-0.05, 0) is 42.7 Å². The lowest BCUT2D eigenvalue weighted by Gasteiger charge is -2.13. The molecule has 6 nitrogen and oxygen atoms in total. The number of rotatable bonds is 5. The van der Waals surface area contributed by atoms with E-state index < -0.39 is 10.1 Å². The molecule has 0 bridgehead atoms. The first-order valence-electron chi connectivity index (χ1n) is 9.91. The van der Waals surface area contributed by atoms with Gasteiger partial charge in [0.05, 0.1) is 11.8 Å². The van der Waals surface area contributed by atoms with Gasteiger partial charge in [0.15, 0.2) is 0 Å². The Morgan fingerprint density at radius 3 is 2.25 bits per heavy atom. The summed E-state index contributed by atoms with van der Waals surface area (Å²) in [6.45, 7) is 5.35. The van der Waals surface area contributed by atoms with Gasteiger partial charge >= 0.3 is 0 Å². The van der Waals surface area contributed by atoms with Crippen LogP contribution in [0.2, 0.25) is 0 Å². The summed E-state index contributed by atoms with van der Waals surface area (Å²) in [6, 6.07) is 18.6. The molecule has 2 aromatic carbocycles. The van der Waals surface area contributed by atoms with E-state index in [4.69, 9.17) is 9.29 Å². The zero-order valence-corrected chi connectivity index (χ0v) is 18.9. The Labute approximate surface area is 187 Å². The number of nitrogens with zero attached hydrogens (tertiary/aromatic N) is 2. The van der Waals surface area contributed by atoms with Crippen molar-refractivity contribution in [2.45, 2.75) is 27.0 Å². The third kappa shape index (κ3) is 6.15. The van der Waals surface area contributed by atoms with Crippen LogP contribution >= 0.6 is 0 Å². The van der Waals surface area contributed by atoms with E-state index in [1.54, 1.807) is 18.3 Å². The van der Waals surface area contributed by atoms with Crippen LogP contribution in [-0.2, 0) is 23.3 Å². The third-order valence-electron chi connectivity index (χ3n) is 4.95. The van der Waals surface area contributed by atoms with E-state index in [-0.39, 0.29) is 5.82 Å². The van der Waals surface area contributed by atoms with E-state index in [9.17, 15) is 12.8 Å². The van der Waals surface area contributed by atoms with Crippen molar-refractivity contribution in [1.82, 2.24) is 9.55 Å². The minimum Gasteiger partial charge on any atom is -0.487 e. The summed E-state index contributed by atoms with van der Waals surface area (Å²) in [5, 5.41) is 0. The Balaban J connectivity index is 0.000000523. The number of halogens is 1. The fraction of sp³-hybridized carbons (Fsp3) is 0.208. The van der Waals surface area contributed by atoms with Gasteiger partial charge in [0, 0.05) is 24.5 Å². The van der Waals surface area contributed by atoms with Crippen molar-refractivity contribution in [2.75, 3.05) is 6.26 Å². The van der Waals surface area contributed by atoms with Crippen LogP contribution in [0.1, 0.15) is 22.4 Å². The Morgan fingerprint density at radius 2 is 1.62 bits per heavy atom. The van der Waals surface area contributed by atoms with Crippen molar-refractivity contribution < 1.29 is 22.1 Å². The quantitative estimate of drug-likeness (QED) is 0.431. The normalized spacial score (nSPS) is 11.2. The lowest BCUT2D eigenvalue weighted by atomic mass is 10.2. The average Bonchev–Trinajstić information content (AvgIpc) is 2.98. The fourth-order valence-electron chi connectivity index (χ4n) is 3.33. The highest BCUT2D eigenvalue weighted by Crippen LogP contribution is 2.32. The molecule has 1 N–H and O–H groups in total. The predicted molar refractivity (Wildman–Crippen MR) is 123 cm³/mol. The van der Waals surface area contributed by atoms with E-state index in [1.807, 2.05) is 24.3 Å². The lowest BCUT2D eigenvalue weighted by Crippen LogP contribution is -2.04. The van der Waals surface area contributed by atoms with Gasteiger partial charge in [0.25, 0.3) is 10.1 Å². The first kappa shape index (κ1) is 23.4. The van der Waals surface area contributed by atoms with Crippen LogP contribution in [0.25, 0.3) is 11.0 Å². The smallest absolute Gasteiger partial charge is 0.261 e. The molecule has 2 aromatic heterocycles. The van der Waals surface area contributed by atoms with Crippen LogP contribution in [0, 0.1) is 19.7 Å². The number of aryl methyl sites for hydroxylation is 1. The fourth-order valence-corrected chi connectivity index (χ4v) is 3.33. The first-order chi connectivity index (χ1) is 15.1. The third-order valence-corrected chi connectivity index (χ3v) is 4.95. The van der Waals surface area contributed by atoms with E-state index in [0.29, 0.717) is 12.9 Å². The van der Waals surface area contributed by atoms with Crippen molar-refractivity contribution >= 4 is 21.2 Å². The summed E-state index contributed by atoms with van der Waals surface area (Å²) in [7, 11) is -3.67. The van der Waals surface area contributed by atoms with Gasteiger partial charge < -0.3 is 9.30 Å². The molecule has 4 aromatic rings.